The molecule has 2 rings (SSSR count). The summed E-state index contributed by atoms with van der Waals surface area (Å²) in [5, 5.41) is 2.57. The van der Waals surface area contributed by atoms with Crippen LogP contribution in [0.3, 0.4) is 0 Å². The summed E-state index contributed by atoms with van der Waals surface area (Å²) in [5.41, 5.74) is 0. The van der Waals surface area contributed by atoms with Gasteiger partial charge in [0.25, 0.3) is 0 Å². The quantitative estimate of drug-likeness (QED) is 0.722. The SMILES string of the molecule is CCC1C(=O)NCC(=O)N1C1CCS(=O)(=O)CC1. The molecule has 2 amide bonds. The molecule has 0 aromatic heterocycles. The van der Waals surface area contributed by atoms with Crippen molar-refractivity contribution in [2.75, 3.05) is 18.1 Å². The van der Waals surface area contributed by atoms with Crippen molar-refractivity contribution in [1.82, 2.24) is 10.2 Å². The van der Waals surface area contributed by atoms with Crippen LogP contribution in [0.2, 0.25) is 0 Å². The molecule has 2 aliphatic rings. The lowest BCUT2D eigenvalue weighted by Gasteiger charge is -2.41. The highest BCUT2D eigenvalue weighted by Crippen LogP contribution is 2.23. The van der Waals surface area contributed by atoms with Crippen LogP contribution in [-0.4, -0.2) is 55.3 Å². The summed E-state index contributed by atoms with van der Waals surface area (Å²) < 4.78 is 22.8. The number of hydrogen-bond donors (Lipinski definition) is 1. The predicted molar refractivity (Wildman–Crippen MR) is 65.6 cm³/mol. The number of amides is 2. The van der Waals surface area contributed by atoms with Gasteiger partial charge in [0.1, 0.15) is 15.9 Å². The number of nitrogens with one attached hydrogen (secondary N) is 1. The van der Waals surface area contributed by atoms with Gasteiger partial charge in [-0.25, -0.2) is 8.42 Å². The van der Waals surface area contributed by atoms with Crippen LogP contribution in [0.15, 0.2) is 0 Å². The Hall–Kier alpha value is -1.11. The van der Waals surface area contributed by atoms with Crippen LogP contribution in [0.5, 0.6) is 0 Å². The highest BCUT2D eigenvalue weighted by molar-refractivity contribution is 7.91. The normalized spacial score (nSPS) is 29.2. The fourth-order valence-electron chi connectivity index (χ4n) is 2.67. The molecule has 0 radical (unpaired) electrons. The van der Waals surface area contributed by atoms with E-state index < -0.39 is 15.9 Å². The number of carbonyl (C=O) groups is 2. The molecule has 0 spiro atoms. The Morgan fingerprint density at radius 1 is 1.28 bits per heavy atom. The third-order valence-corrected chi connectivity index (χ3v) is 5.36. The number of rotatable bonds is 2. The lowest BCUT2D eigenvalue weighted by Crippen LogP contribution is -2.62. The fourth-order valence-corrected chi connectivity index (χ4v) is 4.13. The molecule has 0 aliphatic carbocycles. The molecule has 0 aromatic carbocycles. The monoisotopic (exact) mass is 274 g/mol. The van der Waals surface area contributed by atoms with Gasteiger partial charge in [-0.2, -0.15) is 0 Å². The van der Waals surface area contributed by atoms with E-state index >= 15 is 0 Å². The largest absolute Gasteiger partial charge is 0.345 e. The minimum atomic E-state index is -2.95. The molecule has 1 unspecified atom stereocenters. The second-order valence-electron chi connectivity index (χ2n) is 4.83. The first-order valence-corrected chi connectivity index (χ1v) is 8.06. The lowest BCUT2D eigenvalue weighted by molar-refractivity contribution is -0.148. The summed E-state index contributed by atoms with van der Waals surface area (Å²) in [6, 6.07) is -0.561. The van der Waals surface area contributed by atoms with E-state index in [4.69, 9.17) is 0 Å². The van der Waals surface area contributed by atoms with Crippen LogP contribution >= 0.6 is 0 Å². The second-order valence-corrected chi connectivity index (χ2v) is 7.13. The molecule has 0 aromatic rings. The Labute approximate surface area is 107 Å². The molecule has 1 N–H and O–H groups in total. The number of sulfone groups is 1. The maximum absolute atomic E-state index is 11.9. The van der Waals surface area contributed by atoms with Crippen LogP contribution in [0.4, 0.5) is 0 Å². The number of hydrogen-bond acceptors (Lipinski definition) is 4. The highest BCUT2D eigenvalue weighted by Gasteiger charge is 2.39. The minimum absolute atomic E-state index is 0.0264. The average molecular weight is 274 g/mol. The Kier molecular flexibility index (Phi) is 3.61. The maximum atomic E-state index is 11.9. The molecule has 2 saturated heterocycles. The Morgan fingerprint density at radius 2 is 1.89 bits per heavy atom. The molecule has 0 saturated carbocycles. The Bertz CT molecular complexity index is 446. The summed E-state index contributed by atoms with van der Waals surface area (Å²) in [5.74, 6) is -0.0183. The van der Waals surface area contributed by atoms with Crippen LogP contribution in [0.25, 0.3) is 0 Å². The standard InChI is InChI=1S/C11H18N2O4S/c1-2-9-11(15)12-7-10(14)13(9)8-3-5-18(16,17)6-4-8/h8-9H,2-7H2,1H3,(H,12,15). The lowest BCUT2D eigenvalue weighted by atomic mass is 10.0. The van der Waals surface area contributed by atoms with Gasteiger partial charge in [0.2, 0.25) is 11.8 Å². The van der Waals surface area contributed by atoms with Crippen molar-refractivity contribution < 1.29 is 18.0 Å². The summed E-state index contributed by atoms with van der Waals surface area (Å²) >= 11 is 0. The van der Waals surface area contributed by atoms with E-state index in [1.807, 2.05) is 6.92 Å². The van der Waals surface area contributed by atoms with E-state index in [2.05, 4.69) is 5.32 Å². The molecule has 102 valence electrons. The van der Waals surface area contributed by atoms with Gasteiger partial charge in [0, 0.05) is 6.04 Å². The molecule has 18 heavy (non-hydrogen) atoms. The summed E-state index contributed by atoms with van der Waals surface area (Å²) in [6.45, 7) is 1.88. The molecule has 2 heterocycles. The van der Waals surface area contributed by atoms with E-state index in [0.29, 0.717) is 19.3 Å². The van der Waals surface area contributed by atoms with Crippen molar-refractivity contribution in [2.24, 2.45) is 0 Å². The fraction of sp³-hybridized carbons (Fsp3) is 0.818. The van der Waals surface area contributed by atoms with E-state index in [0.717, 1.165) is 0 Å². The van der Waals surface area contributed by atoms with Crippen molar-refractivity contribution in [1.29, 1.82) is 0 Å². The van der Waals surface area contributed by atoms with E-state index in [1.165, 1.54) is 0 Å². The number of nitrogens with zero attached hydrogens (tertiary/aromatic N) is 1. The molecular weight excluding hydrogens is 256 g/mol. The second kappa shape index (κ2) is 4.87. The van der Waals surface area contributed by atoms with Crippen molar-refractivity contribution in [2.45, 2.75) is 38.3 Å². The average Bonchev–Trinajstić information content (AvgIpc) is 2.32. The van der Waals surface area contributed by atoms with E-state index in [1.54, 1.807) is 4.90 Å². The molecule has 2 aliphatic heterocycles. The van der Waals surface area contributed by atoms with E-state index in [9.17, 15) is 18.0 Å². The zero-order valence-electron chi connectivity index (χ0n) is 10.4. The van der Waals surface area contributed by atoms with Gasteiger partial charge in [-0.15, -0.1) is 0 Å². The van der Waals surface area contributed by atoms with Gasteiger partial charge in [0.05, 0.1) is 18.1 Å². The van der Waals surface area contributed by atoms with Crippen molar-refractivity contribution in [3.8, 4) is 0 Å². The van der Waals surface area contributed by atoms with Crippen molar-refractivity contribution >= 4 is 21.7 Å². The number of piperazine rings is 1. The van der Waals surface area contributed by atoms with Gasteiger partial charge in [-0.1, -0.05) is 6.92 Å². The molecule has 6 nitrogen and oxygen atoms in total. The molecule has 2 fully saturated rings. The Balaban J connectivity index is 2.14. The first kappa shape index (κ1) is 13.3. The summed E-state index contributed by atoms with van der Waals surface area (Å²) in [7, 11) is -2.95. The first-order valence-electron chi connectivity index (χ1n) is 6.24. The van der Waals surface area contributed by atoms with Crippen LogP contribution in [0.1, 0.15) is 26.2 Å². The topological polar surface area (TPSA) is 83.6 Å². The molecule has 7 heteroatoms. The zero-order valence-corrected chi connectivity index (χ0v) is 11.2. The number of carbonyl (C=O) groups excluding carboxylic acids is 2. The molecule has 0 bridgehead atoms. The third-order valence-electron chi connectivity index (χ3n) is 3.64. The van der Waals surface area contributed by atoms with Gasteiger partial charge >= 0.3 is 0 Å². The predicted octanol–water partition coefficient (Wildman–Crippen LogP) is -0.699. The smallest absolute Gasteiger partial charge is 0.243 e. The highest BCUT2D eigenvalue weighted by atomic mass is 32.2. The van der Waals surface area contributed by atoms with Gasteiger partial charge in [-0.3, -0.25) is 9.59 Å². The molecule has 1 atom stereocenters. The first-order chi connectivity index (χ1) is 8.44. The minimum Gasteiger partial charge on any atom is -0.345 e. The maximum Gasteiger partial charge on any atom is 0.243 e. The van der Waals surface area contributed by atoms with Crippen molar-refractivity contribution in [3.05, 3.63) is 0 Å². The third kappa shape index (κ3) is 2.50. The van der Waals surface area contributed by atoms with Crippen LogP contribution in [-0.2, 0) is 19.4 Å². The van der Waals surface area contributed by atoms with Gasteiger partial charge in [0.15, 0.2) is 0 Å². The van der Waals surface area contributed by atoms with Gasteiger partial charge in [-0.05, 0) is 19.3 Å². The zero-order chi connectivity index (χ0) is 13.3. The summed E-state index contributed by atoms with van der Waals surface area (Å²) in [6.07, 6.45) is 1.44. The van der Waals surface area contributed by atoms with Crippen molar-refractivity contribution in [3.63, 3.8) is 0 Å². The van der Waals surface area contributed by atoms with E-state index in [-0.39, 0.29) is 35.9 Å². The van der Waals surface area contributed by atoms with Crippen LogP contribution in [0, 0.1) is 0 Å². The van der Waals surface area contributed by atoms with Gasteiger partial charge < -0.3 is 10.2 Å². The Morgan fingerprint density at radius 3 is 2.44 bits per heavy atom. The summed E-state index contributed by atoms with van der Waals surface area (Å²) in [4.78, 5) is 25.3. The van der Waals surface area contributed by atoms with Crippen LogP contribution < -0.4 is 5.32 Å². The molecular formula is C11H18N2O4S.